The van der Waals surface area contributed by atoms with Crippen molar-refractivity contribution >= 4 is 27.2 Å². The molecule has 0 aliphatic carbocycles. The van der Waals surface area contributed by atoms with E-state index in [1.807, 2.05) is 0 Å². The van der Waals surface area contributed by atoms with Gasteiger partial charge in [0.15, 0.2) is 0 Å². The maximum Gasteiger partial charge on any atom is 0.133 e. The molecule has 2 heteroatoms. The Kier molecular flexibility index (Phi) is 3.73. The quantitative estimate of drug-likeness (QED) is 0.755. The lowest BCUT2D eigenvalue weighted by atomic mass is 10.0. The van der Waals surface area contributed by atoms with Crippen molar-refractivity contribution in [3.8, 4) is 0 Å². The Morgan fingerprint density at radius 1 is 1.25 bits per heavy atom. The van der Waals surface area contributed by atoms with Crippen molar-refractivity contribution < 1.29 is 4.79 Å². The van der Waals surface area contributed by atoms with Crippen LogP contribution in [0.5, 0.6) is 0 Å². The first kappa shape index (κ1) is 11.3. The van der Waals surface area contributed by atoms with Gasteiger partial charge in [0, 0.05) is 17.5 Å². The number of carbonyl (C=O) groups excluding carboxylic acids is 1. The summed E-state index contributed by atoms with van der Waals surface area (Å²) in [6, 6.07) is 8.48. The summed E-state index contributed by atoms with van der Waals surface area (Å²) in [5, 5.41) is 3.41. The van der Waals surface area contributed by atoms with Gasteiger partial charge in [0.05, 0.1) is 0 Å². The SMILES string of the molecule is CCCC(=O)CCc1cccc2ccsc12. The Bertz CT molecular complexity index is 484. The predicted molar refractivity (Wildman–Crippen MR) is 70.1 cm³/mol. The van der Waals surface area contributed by atoms with Crippen LogP contribution in [0, 0.1) is 0 Å². The van der Waals surface area contributed by atoms with Crippen LogP contribution in [0.15, 0.2) is 29.6 Å². The van der Waals surface area contributed by atoms with Gasteiger partial charge in [-0.15, -0.1) is 11.3 Å². The minimum atomic E-state index is 0.385. The summed E-state index contributed by atoms with van der Waals surface area (Å²) in [7, 11) is 0. The van der Waals surface area contributed by atoms with Gasteiger partial charge in [-0.25, -0.2) is 0 Å². The Labute approximate surface area is 100 Å². The average molecular weight is 232 g/mol. The number of Topliss-reactive ketones (excluding diaryl/α,β-unsaturated/α-hetero) is 1. The van der Waals surface area contributed by atoms with Gasteiger partial charge in [0.25, 0.3) is 0 Å². The minimum absolute atomic E-state index is 0.385. The molecule has 16 heavy (non-hydrogen) atoms. The second-order valence-corrected chi connectivity index (χ2v) is 4.96. The second-order valence-electron chi connectivity index (χ2n) is 4.04. The first-order valence-electron chi connectivity index (χ1n) is 5.78. The fourth-order valence-electron chi connectivity index (χ4n) is 1.93. The molecular weight excluding hydrogens is 216 g/mol. The smallest absolute Gasteiger partial charge is 0.133 e. The highest BCUT2D eigenvalue weighted by molar-refractivity contribution is 7.17. The normalized spacial score (nSPS) is 10.8. The number of fused-ring (bicyclic) bond motifs is 1. The molecule has 1 heterocycles. The highest BCUT2D eigenvalue weighted by atomic mass is 32.1. The molecule has 0 saturated heterocycles. The molecule has 0 N–H and O–H groups in total. The van der Waals surface area contributed by atoms with E-state index in [4.69, 9.17) is 0 Å². The highest BCUT2D eigenvalue weighted by Crippen LogP contribution is 2.25. The van der Waals surface area contributed by atoms with Crippen LogP contribution in [0.4, 0.5) is 0 Å². The van der Waals surface area contributed by atoms with Gasteiger partial charge < -0.3 is 0 Å². The number of ketones is 1. The van der Waals surface area contributed by atoms with Crippen LogP contribution in [0.2, 0.25) is 0 Å². The van der Waals surface area contributed by atoms with Crippen molar-refractivity contribution in [3.63, 3.8) is 0 Å². The molecule has 1 aromatic heterocycles. The van der Waals surface area contributed by atoms with Gasteiger partial charge in [0.2, 0.25) is 0 Å². The standard InChI is InChI=1S/C14H16OS/c1-2-4-13(15)8-7-11-5-3-6-12-9-10-16-14(11)12/h3,5-6,9-10H,2,4,7-8H2,1H3. The Morgan fingerprint density at radius 3 is 2.94 bits per heavy atom. The Morgan fingerprint density at radius 2 is 2.12 bits per heavy atom. The Hall–Kier alpha value is -1.15. The summed E-state index contributed by atoms with van der Waals surface area (Å²) in [6.07, 6.45) is 3.25. The molecule has 0 aliphatic heterocycles. The average Bonchev–Trinajstić information content (AvgIpc) is 2.75. The molecule has 84 valence electrons. The molecule has 0 atom stereocenters. The number of hydrogen-bond acceptors (Lipinski definition) is 2. The van der Waals surface area contributed by atoms with Gasteiger partial charge in [-0.1, -0.05) is 25.1 Å². The summed E-state index contributed by atoms with van der Waals surface area (Å²) >= 11 is 1.77. The zero-order chi connectivity index (χ0) is 11.4. The van der Waals surface area contributed by atoms with Crippen LogP contribution < -0.4 is 0 Å². The van der Waals surface area contributed by atoms with E-state index in [2.05, 4.69) is 36.6 Å². The fraction of sp³-hybridized carbons (Fsp3) is 0.357. The first-order chi connectivity index (χ1) is 7.81. The second kappa shape index (κ2) is 5.26. The molecule has 0 amide bonds. The third-order valence-electron chi connectivity index (χ3n) is 2.76. The monoisotopic (exact) mass is 232 g/mol. The number of hydrogen-bond donors (Lipinski definition) is 0. The number of carbonyl (C=O) groups is 1. The van der Waals surface area contributed by atoms with Crippen molar-refractivity contribution in [2.45, 2.75) is 32.6 Å². The lowest BCUT2D eigenvalue weighted by Crippen LogP contribution is -1.99. The molecule has 0 aliphatic rings. The molecule has 0 bridgehead atoms. The summed E-state index contributed by atoms with van der Waals surface area (Å²) in [4.78, 5) is 11.5. The van der Waals surface area contributed by atoms with Crippen LogP contribution in [-0.4, -0.2) is 5.78 Å². The summed E-state index contributed by atoms with van der Waals surface area (Å²) in [5.74, 6) is 0.385. The van der Waals surface area contributed by atoms with Crippen LogP contribution in [-0.2, 0) is 11.2 Å². The van der Waals surface area contributed by atoms with Gasteiger partial charge >= 0.3 is 0 Å². The third kappa shape index (κ3) is 2.50. The molecule has 0 fully saturated rings. The first-order valence-corrected chi connectivity index (χ1v) is 6.66. The molecular formula is C14H16OS. The van der Waals surface area contributed by atoms with Gasteiger partial charge in [-0.2, -0.15) is 0 Å². The largest absolute Gasteiger partial charge is 0.300 e. The van der Waals surface area contributed by atoms with Crippen LogP contribution in [0.25, 0.3) is 10.1 Å². The minimum Gasteiger partial charge on any atom is -0.300 e. The van der Waals surface area contributed by atoms with Crippen molar-refractivity contribution in [2.75, 3.05) is 0 Å². The van der Waals surface area contributed by atoms with E-state index >= 15 is 0 Å². The molecule has 1 nitrogen and oxygen atoms in total. The molecule has 0 spiro atoms. The zero-order valence-corrected chi connectivity index (χ0v) is 10.3. The number of thiophene rings is 1. The number of aryl methyl sites for hydroxylation is 1. The van der Waals surface area contributed by atoms with Crippen LogP contribution >= 0.6 is 11.3 Å². The van der Waals surface area contributed by atoms with Gasteiger partial charge in [-0.3, -0.25) is 4.79 Å². The van der Waals surface area contributed by atoms with E-state index in [0.717, 1.165) is 19.3 Å². The summed E-state index contributed by atoms with van der Waals surface area (Å²) in [6.45, 7) is 2.05. The molecule has 0 radical (unpaired) electrons. The summed E-state index contributed by atoms with van der Waals surface area (Å²) in [5.41, 5.74) is 1.32. The van der Waals surface area contributed by atoms with Crippen LogP contribution in [0.1, 0.15) is 31.7 Å². The predicted octanol–water partition coefficient (Wildman–Crippen LogP) is 4.20. The lowest BCUT2D eigenvalue weighted by Gasteiger charge is -2.02. The van der Waals surface area contributed by atoms with Gasteiger partial charge in [-0.05, 0) is 35.2 Å². The van der Waals surface area contributed by atoms with E-state index in [0.29, 0.717) is 12.2 Å². The molecule has 0 saturated carbocycles. The third-order valence-corrected chi connectivity index (χ3v) is 3.77. The van der Waals surface area contributed by atoms with Crippen molar-refractivity contribution in [1.82, 2.24) is 0 Å². The van der Waals surface area contributed by atoms with Crippen LogP contribution in [0.3, 0.4) is 0 Å². The van der Waals surface area contributed by atoms with Crippen molar-refractivity contribution in [3.05, 3.63) is 35.2 Å². The number of rotatable bonds is 5. The number of benzene rings is 1. The topological polar surface area (TPSA) is 17.1 Å². The maximum absolute atomic E-state index is 11.5. The van der Waals surface area contributed by atoms with Crippen molar-refractivity contribution in [2.24, 2.45) is 0 Å². The Balaban J connectivity index is 2.09. The highest BCUT2D eigenvalue weighted by Gasteiger charge is 2.05. The van der Waals surface area contributed by atoms with Crippen molar-refractivity contribution in [1.29, 1.82) is 0 Å². The van der Waals surface area contributed by atoms with E-state index < -0.39 is 0 Å². The molecule has 1 aromatic carbocycles. The maximum atomic E-state index is 11.5. The molecule has 0 unspecified atom stereocenters. The fourth-order valence-corrected chi connectivity index (χ4v) is 2.87. The molecule has 2 aromatic rings. The molecule has 2 rings (SSSR count). The lowest BCUT2D eigenvalue weighted by molar-refractivity contribution is -0.119. The van der Waals surface area contributed by atoms with E-state index in [1.165, 1.54) is 15.6 Å². The zero-order valence-electron chi connectivity index (χ0n) is 9.53. The van der Waals surface area contributed by atoms with E-state index in [9.17, 15) is 4.79 Å². The van der Waals surface area contributed by atoms with Gasteiger partial charge in [0.1, 0.15) is 5.78 Å². The summed E-state index contributed by atoms with van der Waals surface area (Å²) < 4.78 is 1.34. The van der Waals surface area contributed by atoms with E-state index in [-0.39, 0.29) is 0 Å². The van der Waals surface area contributed by atoms with E-state index in [1.54, 1.807) is 11.3 Å².